The van der Waals surface area contributed by atoms with Gasteiger partial charge in [0.15, 0.2) is 0 Å². The molecule has 74 valence electrons. The summed E-state index contributed by atoms with van der Waals surface area (Å²) >= 11 is 5.19. The lowest BCUT2D eigenvalue weighted by atomic mass is 10.1. The fourth-order valence-electron chi connectivity index (χ4n) is 1.52. The standard InChI is InChI=1S/C11H12BrNS/c12-8-13-6-5-9-7-14-11-4-2-1-3-10(9)11/h1-4,7,13H,5-6,8H2. The molecule has 1 aromatic heterocycles. The second-order valence-corrected chi connectivity index (χ2v) is 4.61. The summed E-state index contributed by atoms with van der Waals surface area (Å²) < 4.78 is 1.39. The topological polar surface area (TPSA) is 12.0 Å². The van der Waals surface area contributed by atoms with E-state index in [4.69, 9.17) is 0 Å². The van der Waals surface area contributed by atoms with E-state index >= 15 is 0 Å². The van der Waals surface area contributed by atoms with Gasteiger partial charge in [0, 0.05) is 11.2 Å². The predicted octanol–water partition coefficient (Wildman–Crippen LogP) is 3.39. The number of hydrogen-bond donors (Lipinski definition) is 1. The van der Waals surface area contributed by atoms with Gasteiger partial charge in [-0.1, -0.05) is 34.1 Å². The lowest BCUT2D eigenvalue weighted by Gasteiger charge is -1.99. The molecule has 0 aliphatic rings. The zero-order chi connectivity index (χ0) is 9.80. The van der Waals surface area contributed by atoms with Gasteiger partial charge >= 0.3 is 0 Å². The van der Waals surface area contributed by atoms with Crippen LogP contribution in [0.2, 0.25) is 0 Å². The van der Waals surface area contributed by atoms with E-state index in [1.165, 1.54) is 15.6 Å². The maximum Gasteiger partial charge on any atom is 0.0517 e. The summed E-state index contributed by atoms with van der Waals surface area (Å²) in [5, 5.41) is 6.95. The summed E-state index contributed by atoms with van der Waals surface area (Å²) in [5.41, 5.74) is 2.33. The largest absolute Gasteiger partial charge is 0.307 e. The molecule has 0 unspecified atom stereocenters. The Bertz CT molecular complexity index is 410. The summed E-state index contributed by atoms with van der Waals surface area (Å²) in [5.74, 6) is 0. The van der Waals surface area contributed by atoms with Crippen molar-refractivity contribution in [3.63, 3.8) is 0 Å². The monoisotopic (exact) mass is 269 g/mol. The van der Waals surface area contributed by atoms with E-state index in [1.54, 1.807) is 0 Å². The van der Waals surface area contributed by atoms with Gasteiger partial charge in [-0.05, 0) is 28.8 Å². The molecule has 0 spiro atoms. The van der Waals surface area contributed by atoms with Crippen molar-refractivity contribution in [2.75, 3.05) is 12.0 Å². The SMILES string of the molecule is BrCNCCc1csc2ccccc12. The van der Waals surface area contributed by atoms with Crippen molar-refractivity contribution in [2.24, 2.45) is 0 Å². The maximum atomic E-state index is 3.35. The Labute approximate surface area is 96.3 Å². The van der Waals surface area contributed by atoms with Crippen molar-refractivity contribution in [3.05, 3.63) is 35.2 Å². The Hall–Kier alpha value is -0.380. The van der Waals surface area contributed by atoms with E-state index in [0.29, 0.717) is 0 Å². The number of nitrogens with one attached hydrogen (secondary N) is 1. The third-order valence-electron chi connectivity index (χ3n) is 2.23. The molecular weight excluding hydrogens is 258 g/mol. The molecule has 0 fully saturated rings. The molecular formula is C11H12BrNS. The normalized spacial score (nSPS) is 10.9. The van der Waals surface area contributed by atoms with Gasteiger partial charge in [-0.15, -0.1) is 11.3 Å². The molecule has 1 aromatic carbocycles. The first-order chi connectivity index (χ1) is 6.92. The second-order valence-electron chi connectivity index (χ2n) is 3.14. The second kappa shape index (κ2) is 4.91. The number of fused-ring (bicyclic) bond motifs is 1. The molecule has 14 heavy (non-hydrogen) atoms. The van der Waals surface area contributed by atoms with Crippen molar-refractivity contribution in [1.29, 1.82) is 0 Å². The van der Waals surface area contributed by atoms with Crippen LogP contribution in [0.25, 0.3) is 10.1 Å². The number of halogens is 1. The molecule has 0 aliphatic carbocycles. The quantitative estimate of drug-likeness (QED) is 0.510. The lowest BCUT2D eigenvalue weighted by molar-refractivity contribution is 0.783. The van der Waals surface area contributed by atoms with E-state index in [0.717, 1.165) is 18.4 Å². The van der Waals surface area contributed by atoms with Crippen LogP contribution in [-0.2, 0) is 6.42 Å². The summed E-state index contributed by atoms with van der Waals surface area (Å²) in [6.07, 6.45) is 1.11. The minimum Gasteiger partial charge on any atom is -0.307 e. The third-order valence-corrected chi connectivity index (χ3v) is 3.64. The molecule has 1 N–H and O–H groups in total. The zero-order valence-corrected chi connectivity index (χ0v) is 10.2. The Balaban J connectivity index is 2.17. The molecule has 0 radical (unpaired) electrons. The average molecular weight is 270 g/mol. The number of thiophene rings is 1. The van der Waals surface area contributed by atoms with Crippen LogP contribution in [0.15, 0.2) is 29.6 Å². The molecule has 2 rings (SSSR count). The highest BCUT2D eigenvalue weighted by atomic mass is 79.9. The van der Waals surface area contributed by atoms with Crippen molar-refractivity contribution in [1.82, 2.24) is 5.32 Å². The first-order valence-corrected chi connectivity index (χ1v) is 6.63. The highest BCUT2D eigenvalue weighted by Gasteiger charge is 2.01. The lowest BCUT2D eigenvalue weighted by Crippen LogP contribution is -2.14. The third kappa shape index (κ3) is 2.16. The van der Waals surface area contributed by atoms with Gasteiger partial charge < -0.3 is 5.32 Å². The molecule has 1 heterocycles. The van der Waals surface area contributed by atoms with Gasteiger partial charge in [0.05, 0.1) is 5.45 Å². The summed E-state index contributed by atoms with van der Waals surface area (Å²) in [7, 11) is 0. The fourth-order valence-corrected chi connectivity index (χ4v) is 2.79. The highest BCUT2D eigenvalue weighted by Crippen LogP contribution is 2.25. The van der Waals surface area contributed by atoms with Crippen LogP contribution >= 0.6 is 27.3 Å². The minimum atomic E-state index is 0.870. The van der Waals surface area contributed by atoms with Crippen LogP contribution in [0.3, 0.4) is 0 Å². The van der Waals surface area contributed by atoms with Crippen molar-refractivity contribution in [2.45, 2.75) is 6.42 Å². The van der Waals surface area contributed by atoms with Crippen LogP contribution in [-0.4, -0.2) is 12.0 Å². The number of hydrogen-bond acceptors (Lipinski definition) is 2. The van der Waals surface area contributed by atoms with Crippen molar-refractivity contribution in [3.8, 4) is 0 Å². The van der Waals surface area contributed by atoms with Crippen LogP contribution in [0, 0.1) is 0 Å². The fraction of sp³-hybridized carbons (Fsp3) is 0.273. The molecule has 0 saturated heterocycles. The van der Waals surface area contributed by atoms with Gasteiger partial charge in [-0.2, -0.15) is 0 Å². The summed E-state index contributed by atoms with van der Waals surface area (Å²) in [4.78, 5) is 0. The Morgan fingerprint density at radius 1 is 1.29 bits per heavy atom. The van der Waals surface area contributed by atoms with Crippen LogP contribution < -0.4 is 5.32 Å². The molecule has 1 nitrogen and oxygen atoms in total. The van der Waals surface area contributed by atoms with Crippen LogP contribution in [0.1, 0.15) is 5.56 Å². The first kappa shape index (κ1) is 10.1. The van der Waals surface area contributed by atoms with Gasteiger partial charge in [-0.3, -0.25) is 0 Å². The maximum absolute atomic E-state index is 3.35. The number of benzene rings is 1. The minimum absolute atomic E-state index is 0.870. The molecule has 0 atom stereocenters. The van der Waals surface area contributed by atoms with E-state index in [2.05, 4.69) is 50.9 Å². The zero-order valence-electron chi connectivity index (χ0n) is 7.79. The average Bonchev–Trinajstić information content (AvgIpc) is 2.63. The summed E-state index contributed by atoms with van der Waals surface area (Å²) in [6.45, 7) is 1.03. The van der Waals surface area contributed by atoms with E-state index in [-0.39, 0.29) is 0 Å². The van der Waals surface area contributed by atoms with Gasteiger partial charge in [-0.25, -0.2) is 0 Å². The number of alkyl halides is 1. The van der Waals surface area contributed by atoms with E-state index in [1.807, 2.05) is 11.3 Å². The molecule has 3 heteroatoms. The number of rotatable bonds is 4. The molecule has 0 amide bonds. The van der Waals surface area contributed by atoms with Crippen LogP contribution in [0.5, 0.6) is 0 Å². The Kier molecular flexibility index (Phi) is 3.56. The molecule has 0 bridgehead atoms. The molecule has 0 aliphatic heterocycles. The Morgan fingerprint density at radius 3 is 3.00 bits per heavy atom. The highest BCUT2D eigenvalue weighted by molar-refractivity contribution is 9.09. The van der Waals surface area contributed by atoms with Crippen molar-refractivity contribution < 1.29 is 0 Å². The van der Waals surface area contributed by atoms with Crippen LogP contribution in [0.4, 0.5) is 0 Å². The molecule has 0 saturated carbocycles. The van der Waals surface area contributed by atoms with E-state index in [9.17, 15) is 0 Å². The molecule has 2 aromatic rings. The first-order valence-electron chi connectivity index (χ1n) is 4.63. The van der Waals surface area contributed by atoms with Gasteiger partial charge in [0.2, 0.25) is 0 Å². The Morgan fingerprint density at radius 2 is 2.14 bits per heavy atom. The smallest absolute Gasteiger partial charge is 0.0517 e. The van der Waals surface area contributed by atoms with E-state index < -0.39 is 0 Å². The predicted molar refractivity (Wildman–Crippen MR) is 67.3 cm³/mol. The van der Waals surface area contributed by atoms with Crippen molar-refractivity contribution >= 4 is 37.4 Å². The van der Waals surface area contributed by atoms with Gasteiger partial charge in [0.1, 0.15) is 0 Å². The van der Waals surface area contributed by atoms with Gasteiger partial charge in [0.25, 0.3) is 0 Å². The summed E-state index contributed by atoms with van der Waals surface area (Å²) in [6, 6.07) is 8.59.